The zero-order chi connectivity index (χ0) is 24.0. The fourth-order valence-corrected chi connectivity index (χ4v) is 3.62. The summed E-state index contributed by atoms with van der Waals surface area (Å²) < 4.78 is 45.1. The fourth-order valence-electron chi connectivity index (χ4n) is 3.62. The molecule has 174 valence electrons. The largest absolute Gasteiger partial charge is 0.478 e. The molecule has 3 N–H and O–H groups in total. The summed E-state index contributed by atoms with van der Waals surface area (Å²) >= 11 is 0. The van der Waals surface area contributed by atoms with Crippen molar-refractivity contribution in [1.82, 2.24) is 10.6 Å². The van der Waals surface area contributed by atoms with Crippen molar-refractivity contribution in [3.8, 4) is 11.1 Å². The number of hydrogen-bond acceptors (Lipinski definition) is 4. The Balaban J connectivity index is 1.60. The smallest absolute Gasteiger partial charge is 0.409 e. The van der Waals surface area contributed by atoms with Crippen LogP contribution < -0.4 is 10.6 Å². The van der Waals surface area contributed by atoms with Crippen molar-refractivity contribution in [2.45, 2.75) is 24.6 Å². The predicted molar refractivity (Wildman–Crippen MR) is 112 cm³/mol. The third-order valence-corrected chi connectivity index (χ3v) is 5.10. The first-order chi connectivity index (χ1) is 15.7. The van der Waals surface area contributed by atoms with Crippen LogP contribution in [0.3, 0.4) is 0 Å². The molecule has 7 nitrogen and oxygen atoms in total. The highest BCUT2D eigenvalue weighted by atomic mass is 19.4. The highest BCUT2D eigenvalue weighted by Crippen LogP contribution is 2.44. The quantitative estimate of drug-likeness (QED) is 0.520. The van der Waals surface area contributed by atoms with E-state index in [-0.39, 0.29) is 19.1 Å². The number of carbonyl (C=O) groups is 3. The molecule has 0 aliphatic heterocycles. The summed E-state index contributed by atoms with van der Waals surface area (Å²) in [5.41, 5.74) is 3.77. The molecule has 0 spiro atoms. The average Bonchev–Trinajstić information content (AvgIpc) is 3.08. The lowest BCUT2D eigenvalue weighted by atomic mass is 9.98. The monoisotopic (exact) mass is 462 g/mol. The summed E-state index contributed by atoms with van der Waals surface area (Å²) in [7, 11) is 0. The molecule has 33 heavy (non-hydrogen) atoms. The Morgan fingerprint density at radius 1 is 1.03 bits per heavy atom. The molecule has 2 aromatic carbocycles. The lowest BCUT2D eigenvalue weighted by Crippen LogP contribution is -2.48. The second-order valence-corrected chi connectivity index (χ2v) is 7.31. The Labute approximate surface area is 187 Å². The summed E-state index contributed by atoms with van der Waals surface area (Å²) in [4.78, 5) is 34.3. The Kier molecular flexibility index (Phi) is 7.37. The number of ether oxygens (including phenoxy) is 1. The van der Waals surface area contributed by atoms with Crippen molar-refractivity contribution in [1.29, 1.82) is 0 Å². The lowest BCUT2D eigenvalue weighted by molar-refractivity contribution is -0.160. The molecule has 0 heterocycles. The molecule has 1 unspecified atom stereocenters. The van der Waals surface area contributed by atoms with Gasteiger partial charge in [-0.1, -0.05) is 54.6 Å². The van der Waals surface area contributed by atoms with Crippen molar-refractivity contribution in [2.24, 2.45) is 0 Å². The SMILES string of the molecule is O=C(O)/C=C/CNC(=O)CC(NC(=O)OCC1c2ccccc2-c2ccccc21)C(F)(F)F. The Bertz CT molecular complexity index is 1020. The van der Waals surface area contributed by atoms with Crippen LogP contribution in [-0.4, -0.2) is 48.4 Å². The van der Waals surface area contributed by atoms with E-state index in [0.29, 0.717) is 0 Å². The molecular formula is C23H21F3N2O5. The van der Waals surface area contributed by atoms with Gasteiger partial charge in [0, 0.05) is 18.5 Å². The predicted octanol–water partition coefficient (Wildman–Crippen LogP) is 3.60. The summed E-state index contributed by atoms with van der Waals surface area (Å²) in [6.07, 6.45) is -5.44. The number of carbonyl (C=O) groups excluding carboxylic acids is 2. The van der Waals surface area contributed by atoms with E-state index < -0.39 is 36.6 Å². The van der Waals surface area contributed by atoms with E-state index >= 15 is 0 Å². The first kappa shape index (κ1) is 23.8. The lowest BCUT2D eigenvalue weighted by Gasteiger charge is -2.22. The topological polar surface area (TPSA) is 105 Å². The number of nitrogens with one attached hydrogen (secondary N) is 2. The van der Waals surface area contributed by atoms with E-state index in [0.717, 1.165) is 34.4 Å². The maximum Gasteiger partial charge on any atom is 0.409 e. The van der Waals surface area contributed by atoms with Crippen LogP contribution in [0.1, 0.15) is 23.5 Å². The van der Waals surface area contributed by atoms with Crippen molar-refractivity contribution in [2.75, 3.05) is 13.2 Å². The number of benzene rings is 2. The number of hydrogen-bond donors (Lipinski definition) is 3. The first-order valence-corrected chi connectivity index (χ1v) is 10.0. The van der Waals surface area contributed by atoms with E-state index in [9.17, 15) is 27.6 Å². The number of alkyl halides is 3. The van der Waals surface area contributed by atoms with Crippen LogP contribution >= 0.6 is 0 Å². The number of rotatable bonds is 8. The van der Waals surface area contributed by atoms with E-state index in [1.54, 1.807) is 5.32 Å². The molecule has 0 saturated heterocycles. The van der Waals surface area contributed by atoms with Crippen LogP contribution in [0.2, 0.25) is 0 Å². The van der Waals surface area contributed by atoms with Gasteiger partial charge in [-0.25, -0.2) is 9.59 Å². The molecule has 0 bridgehead atoms. The van der Waals surface area contributed by atoms with Gasteiger partial charge < -0.3 is 20.5 Å². The van der Waals surface area contributed by atoms with E-state index in [1.165, 1.54) is 0 Å². The van der Waals surface area contributed by atoms with Crippen LogP contribution in [0.4, 0.5) is 18.0 Å². The molecule has 2 aromatic rings. The highest BCUT2D eigenvalue weighted by molar-refractivity contribution is 5.81. The van der Waals surface area contributed by atoms with Crippen molar-refractivity contribution >= 4 is 18.0 Å². The standard InChI is InChI=1S/C23H21F3N2O5/c24-23(25,26)19(12-20(29)27-11-5-10-21(30)31)28-22(32)33-13-18-16-8-3-1-6-14(16)15-7-2-4-9-17(15)18/h1-10,18-19H,11-13H2,(H,27,29)(H,28,32)(H,30,31)/b10-5+. The van der Waals surface area contributed by atoms with Gasteiger partial charge in [0.1, 0.15) is 12.6 Å². The molecule has 0 fully saturated rings. The number of aliphatic carboxylic acids is 1. The van der Waals surface area contributed by atoms with Gasteiger partial charge >= 0.3 is 18.2 Å². The molecule has 3 rings (SSSR count). The third kappa shape index (κ3) is 6.12. The summed E-state index contributed by atoms with van der Waals surface area (Å²) in [6, 6.07) is 12.6. The maximum absolute atomic E-state index is 13.3. The highest BCUT2D eigenvalue weighted by Gasteiger charge is 2.42. The molecule has 2 amide bonds. The molecule has 10 heteroatoms. The molecular weight excluding hydrogens is 441 g/mol. The number of amides is 2. The molecule has 1 aliphatic carbocycles. The number of fused-ring (bicyclic) bond motifs is 3. The zero-order valence-electron chi connectivity index (χ0n) is 17.3. The molecule has 0 radical (unpaired) electrons. The van der Waals surface area contributed by atoms with Gasteiger partial charge in [-0.2, -0.15) is 13.2 Å². The molecule has 1 atom stereocenters. The minimum Gasteiger partial charge on any atom is -0.478 e. The third-order valence-electron chi connectivity index (χ3n) is 5.10. The van der Waals surface area contributed by atoms with Gasteiger partial charge in [-0.05, 0) is 22.3 Å². The normalized spacial score (nSPS) is 13.8. The molecule has 0 aromatic heterocycles. The van der Waals surface area contributed by atoms with Crippen LogP contribution in [0, 0.1) is 0 Å². The van der Waals surface area contributed by atoms with Crippen LogP contribution in [-0.2, 0) is 14.3 Å². The number of halogens is 3. The van der Waals surface area contributed by atoms with Gasteiger partial charge in [0.05, 0.1) is 6.42 Å². The fraction of sp³-hybridized carbons (Fsp3) is 0.261. The first-order valence-electron chi connectivity index (χ1n) is 10.0. The number of carboxylic acid groups (broad SMARTS) is 1. The number of alkyl carbamates (subject to hydrolysis) is 1. The van der Waals surface area contributed by atoms with Gasteiger partial charge in [0.2, 0.25) is 5.91 Å². The van der Waals surface area contributed by atoms with Gasteiger partial charge in [-0.3, -0.25) is 4.79 Å². The van der Waals surface area contributed by atoms with Crippen molar-refractivity contribution in [3.05, 3.63) is 71.8 Å². The van der Waals surface area contributed by atoms with E-state index in [1.807, 2.05) is 48.5 Å². The second-order valence-electron chi connectivity index (χ2n) is 7.31. The molecule has 1 aliphatic rings. The summed E-state index contributed by atoms with van der Waals surface area (Å²) in [5.74, 6) is -2.59. The summed E-state index contributed by atoms with van der Waals surface area (Å²) in [5, 5.41) is 12.3. The summed E-state index contributed by atoms with van der Waals surface area (Å²) in [6.45, 7) is -0.433. The van der Waals surface area contributed by atoms with Crippen LogP contribution in [0.15, 0.2) is 60.7 Å². The van der Waals surface area contributed by atoms with Gasteiger partial charge in [0.25, 0.3) is 0 Å². The Morgan fingerprint density at radius 3 is 2.15 bits per heavy atom. The number of carboxylic acids is 1. The van der Waals surface area contributed by atoms with Crippen molar-refractivity contribution < 1.29 is 37.4 Å². The van der Waals surface area contributed by atoms with Crippen molar-refractivity contribution in [3.63, 3.8) is 0 Å². The van der Waals surface area contributed by atoms with E-state index in [2.05, 4.69) is 5.32 Å². The van der Waals surface area contributed by atoms with Crippen LogP contribution in [0.25, 0.3) is 11.1 Å². The Morgan fingerprint density at radius 2 is 1.61 bits per heavy atom. The zero-order valence-corrected chi connectivity index (χ0v) is 17.3. The Hall–Kier alpha value is -3.82. The second kappa shape index (κ2) is 10.2. The average molecular weight is 462 g/mol. The molecule has 0 saturated carbocycles. The maximum atomic E-state index is 13.3. The minimum atomic E-state index is -4.89. The minimum absolute atomic E-state index is 0.170. The van der Waals surface area contributed by atoms with Gasteiger partial charge in [-0.15, -0.1) is 0 Å². The van der Waals surface area contributed by atoms with Crippen LogP contribution in [0.5, 0.6) is 0 Å². The van der Waals surface area contributed by atoms with E-state index in [4.69, 9.17) is 9.84 Å². The van der Waals surface area contributed by atoms with Gasteiger partial charge in [0.15, 0.2) is 0 Å².